The van der Waals surface area contributed by atoms with Crippen molar-refractivity contribution >= 4 is 6.29 Å². The largest absolute Gasteiger partial charge is 0.330 e. The van der Waals surface area contributed by atoms with Gasteiger partial charge in [-0.15, -0.1) is 0 Å². The van der Waals surface area contributed by atoms with E-state index in [4.69, 9.17) is 5.73 Å². The van der Waals surface area contributed by atoms with Gasteiger partial charge in [0.25, 0.3) is 0 Å². The molecule has 46 valence electrons. The Labute approximate surface area is 49.1 Å². The predicted molar refractivity (Wildman–Crippen MR) is 31.3 cm³/mol. The van der Waals surface area contributed by atoms with Gasteiger partial charge in [-0.2, -0.15) is 0 Å². The number of hydrogen-bond donors (Lipinski definition) is 1. The summed E-state index contributed by atoms with van der Waals surface area (Å²) in [6.45, 7) is 0.754. The van der Waals surface area contributed by atoms with Gasteiger partial charge in [0.15, 0.2) is 0 Å². The van der Waals surface area contributed by atoms with Crippen LogP contribution in [-0.4, -0.2) is 12.8 Å². The molecule has 0 radical (unpaired) electrons. The molecule has 0 unspecified atom stereocenters. The van der Waals surface area contributed by atoms with E-state index in [2.05, 4.69) is 0 Å². The molecule has 0 heterocycles. The zero-order valence-electron chi connectivity index (χ0n) is 4.84. The highest BCUT2D eigenvalue weighted by Gasteiger charge is 2.26. The van der Waals surface area contributed by atoms with Gasteiger partial charge < -0.3 is 10.5 Å². The third kappa shape index (κ3) is 0.892. The Bertz CT molecular complexity index is 86.5. The third-order valence-corrected chi connectivity index (χ3v) is 1.80. The van der Waals surface area contributed by atoms with Gasteiger partial charge in [0.2, 0.25) is 0 Å². The molecule has 2 heteroatoms. The van der Waals surface area contributed by atoms with E-state index >= 15 is 0 Å². The highest BCUT2D eigenvalue weighted by molar-refractivity contribution is 5.54. The Hall–Kier alpha value is -0.370. The molecule has 1 saturated carbocycles. The monoisotopic (exact) mass is 113 g/mol. The number of aldehydes is 1. The second-order valence-electron chi connectivity index (χ2n) is 2.47. The van der Waals surface area contributed by atoms with Crippen molar-refractivity contribution in [3.8, 4) is 0 Å². The standard InChI is InChI=1S/C6H11NO/c7-3-5-1-6(2-5)4-8/h4-6H,1-3,7H2. The Morgan fingerprint density at radius 2 is 2.25 bits per heavy atom. The van der Waals surface area contributed by atoms with Gasteiger partial charge in [-0.25, -0.2) is 0 Å². The summed E-state index contributed by atoms with van der Waals surface area (Å²) in [5.41, 5.74) is 5.33. The van der Waals surface area contributed by atoms with Crippen molar-refractivity contribution in [2.24, 2.45) is 17.6 Å². The molecule has 0 aromatic heterocycles. The van der Waals surface area contributed by atoms with E-state index < -0.39 is 0 Å². The number of carbonyl (C=O) groups is 1. The van der Waals surface area contributed by atoms with Gasteiger partial charge in [0.05, 0.1) is 0 Å². The highest BCUT2D eigenvalue weighted by atomic mass is 16.1. The summed E-state index contributed by atoms with van der Waals surface area (Å²) in [4.78, 5) is 10.0. The van der Waals surface area contributed by atoms with E-state index in [1.54, 1.807) is 0 Å². The van der Waals surface area contributed by atoms with Crippen molar-refractivity contribution in [1.82, 2.24) is 0 Å². The van der Waals surface area contributed by atoms with Crippen LogP contribution in [0.1, 0.15) is 12.8 Å². The maximum absolute atomic E-state index is 10.0. The van der Waals surface area contributed by atoms with Gasteiger partial charge in [0, 0.05) is 5.92 Å². The van der Waals surface area contributed by atoms with E-state index in [1.165, 1.54) is 0 Å². The molecule has 0 bridgehead atoms. The summed E-state index contributed by atoms with van der Waals surface area (Å²) in [6, 6.07) is 0. The third-order valence-electron chi connectivity index (χ3n) is 1.80. The van der Waals surface area contributed by atoms with Crippen molar-refractivity contribution < 1.29 is 4.79 Å². The molecule has 2 N–H and O–H groups in total. The van der Waals surface area contributed by atoms with Crippen molar-refractivity contribution in [3.63, 3.8) is 0 Å². The van der Waals surface area contributed by atoms with E-state index in [0.717, 1.165) is 25.7 Å². The molecule has 0 amide bonds. The van der Waals surface area contributed by atoms with Crippen molar-refractivity contribution in [2.75, 3.05) is 6.54 Å². The lowest BCUT2D eigenvalue weighted by Gasteiger charge is -2.29. The molecule has 0 aromatic carbocycles. The van der Waals surface area contributed by atoms with Gasteiger partial charge in [0.1, 0.15) is 6.29 Å². The van der Waals surface area contributed by atoms with Gasteiger partial charge >= 0.3 is 0 Å². The van der Waals surface area contributed by atoms with Crippen LogP contribution in [0.15, 0.2) is 0 Å². The van der Waals surface area contributed by atoms with Gasteiger partial charge in [-0.3, -0.25) is 0 Å². The van der Waals surface area contributed by atoms with Crippen LogP contribution in [0.5, 0.6) is 0 Å². The van der Waals surface area contributed by atoms with E-state index in [9.17, 15) is 4.79 Å². The minimum Gasteiger partial charge on any atom is -0.330 e. The average Bonchev–Trinajstić information content (AvgIpc) is 1.65. The second kappa shape index (κ2) is 2.27. The number of nitrogens with two attached hydrogens (primary N) is 1. The number of rotatable bonds is 2. The Morgan fingerprint density at radius 1 is 1.62 bits per heavy atom. The molecule has 1 fully saturated rings. The maximum atomic E-state index is 10.0. The molecule has 0 saturated heterocycles. The van der Waals surface area contributed by atoms with E-state index in [-0.39, 0.29) is 0 Å². The van der Waals surface area contributed by atoms with Crippen LogP contribution in [-0.2, 0) is 4.79 Å². The topological polar surface area (TPSA) is 43.1 Å². The molecular formula is C6H11NO. The smallest absolute Gasteiger partial charge is 0.123 e. The minimum absolute atomic E-state index is 0.337. The molecule has 0 atom stereocenters. The summed E-state index contributed by atoms with van der Waals surface area (Å²) < 4.78 is 0. The lowest BCUT2D eigenvalue weighted by atomic mass is 9.76. The van der Waals surface area contributed by atoms with Crippen LogP contribution in [0.25, 0.3) is 0 Å². The predicted octanol–water partition coefficient (Wildman–Crippen LogP) is 0.170. The molecule has 0 spiro atoms. The van der Waals surface area contributed by atoms with E-state index in [1.807, 2.05) is 0 Å². The van der Waals surface area contributed by atoms with Crippen LogP contribution >= 0.6 is 0 Å². The molecule has 1 rings (SSSR count). The Morgan fingerprint density at radius 3 is 2.62 bits per heavy atom. The maximum Gasteiger partial charge on any atom is 0.123 e. The summed E-state index contributed by atoms with van der Waals surface area (Å²) in [5.74, 6) is 0.980. The molecular weight excluding hydrogens is 102 g/mol. The van der Waals surface area contributed by atoms with Crippen molar-refractivity contribution in [2.45, 2.75) is 12.8 Å². The zero-order chi connectivity index (χ0) is 5.98. The average molecular weight is 113 g/mol. The zero-order valence-corrected chi connectivity index (χ0v) is 4.84. The molecule has 2 nitrogen and oxygen atoms in total. The van der Waals surface area contributed by atoms with Crippen LogP contribution in [0.4, 0.5) is 0 Å². The summed E-state index contributed by atoms with van der Waals surface area (Å²) >= 11 is 0. The lowest BCUT2D eigenvalue weighted by molar-refractivity contribution is -0.114. The highest BCUT2D eigenvalue weighted by Crippen LogP contribution is 2.30. The fourth-order valence-electron chi connectivity index (χ4n) is 1.09. The molecule has 8 heavy (non-hydrogen) atoms. The number of hydrogen-bond acceptors (Lipinski definition) is 2. The first-order valence-corrected chi connectivity index (χ1v) is 3.02. The molecule has 0 aliphatic heterocycles. The Balaban J connectivity index is 2.11. The molecule has 1 aliphatic carbocycles. The SMILES string of the molecule is NCC1CC(C=O)C1. The molecule has 1 aliphatic rings. The first-order chi connectivity index (χ1) is 3.86. The van der Waals surface area contributed by atoms with Crippen molar-refractivity contribution in [1.29, 1.82) is 0 Å². The van der Waals surface area contributed by atoms with Crippen molar-refractivity contribution in [3.05, 3.63) is 0 Å². The fraction of sp³-hybridized carbons (Fsp3) is 0.833. The van der Waals surface area contributed by atoms with Crippen LogP contribution in [0, 0.1) is 11.8 Å². The minimum atomic E-state index is 0.337. The summed E-state index contributed by atoms with van der Waals surface area (Å²) in [5, 5.41) is 0. The van der Waals surface area contributed by atoms with Crippen LogP contribution < -0.4 is 5.73 Å². The van der Waals surface area contributed by atoms with E-state index in [0.29, 0.717) is 11.8 Å². The normalized spacial score (nSPS) is 36.1. The van der Waals surface area contributed by atoms with Gasteiger partial charge in [-0.05, 0) is 25.3 Å². The second-order valence-corrected chi connectivity index (χ2v) is 2.47. The first kappa shape index (κ1) is 5.76. The molecule has 0 aromatic rings. The first-order valence-electron chi connectivity index (χ1n) is 3.02. The van der Waals surface area contributed by atoms with Crippen LogP contribution in [0.2, 0.25) is 0 Å². The lowest BCUT2D eigenvalue weighted by Crippen LogP contribution is -2.30. The Kier molecular flexibility index (Phi) is 1.63. The quantitative estimate of drug-likeness (QED) is 0.519. The van der Waals surface area contributed by atoms with Gasteiger partial charge in [-0.1, -0.05) is 0 Å². The van der Waals surface area contributed by atoms with Crippen LogP contribution in [0.3, 0.4) is 0 Å². The summed E-state index contributed by atoms with van der Waals surface area (Å²) in [7, 11) is 0. The number of carbonyl (C=O) groups excluding carboxylic acids is 1. The summed E-state index contributed by atoms with van der Waals surface area (Å²) in [6.07, 6.45) is 3.09. The fourth-order valence-corrected chi connectivity index (χ4v) is 1.09.